The SMILES string of the molecule is CCC1CN(S(C)(=O)=O)c2cc(OC)ccc21. The average molecular weight is 255 g/mol. The number of anilines is 1. The minimum atomic E-state index is -3.21. The van der Waals surface area contributed by atoms with Crippen molar-refractivity contribution in [1.82, 2.24) is 0 Å². The largest absolute Gasteiger partial charge is 0.497 e. The standard InChI is InChI=1S/C12H17NO3S/c1-4-9-8-13(17(3,14)15)12-7-10(16-2)5-6-11(9)12/h5-7,9H,4,8H2,1-3H3. The van der Waals surface area contributed by atoms with E-state index in [1.807, 2.05) is 12.1 Å². The highest BCUT2D eigenvalue weighted by molar-refractivity contribution is 7.92. The van der Waals surface area contributed by atoms with Crippen molar-refractivity contribution in [2.24, 2.45) is 0 Å². The van der Waals surface area contributed by atoms with E-state index in [0.29, 0.717) is 12.3 Å². The van der Waals surface area contributed by atoms with Gasteiger partial charge in [0.2, 0.25) is 10.0 Å². The summed E-state index contributed by atoms with van der Waals surface area (Å²) in [6, 6.07) is 5.65. The lowest BCUT2D eigenvalue weighted by atomic mass is 9.99. The number of hydrogen-bond acceptors (Lipinski definition) is 3. The van der Waals surface area contributed by atoms with Gasteiger partial charge in [0.15, 0.2) is 0 Å². The van der Waals surface area contributed by atoms with Crippen molar-refractivity contribution in [2.45, 2.75) is 19.3 Å². The van der Waals surface area contributed by atoms with Gasteiger partial charge in [0, 0.05) is 18.5 Å². The summed E-state index contributed by atoms with van der Waals surface area (Å²) in [7, 11) is -1.62. The Labute approximate surface area is 102 Å². The molecule has 5 heteroatoms. The van der Waals surface area contributed by atoms with Crippen LogP contribution in [0, 0.1) is 0 Å². The van der Waals surface area contributed by atoms with Gasteiger partial charge in [0.25, 0.3) is 0 Å². The Morgan fingerprint density at radius 3 is 2.71 bits per heavy atom. The Hall–Kier alpha value is -1.23. The zero-order valence-electron chi connectivity index (χ0n) is 10.3. The summed E-state index contributed by atoms with van der Waals surface area (Å²) in [5, 5.41) is 0. The highest BCUT2D eigenvalue weighted by Gasteiger charge is 2.32. The molecule has 0 radical (unpaired) electrons. The van der Waals surface area contributed by atoms with Crippen molar-refractivity contribution in [1.29, 1.82) is 0 Å². The van der Waals surface area contributed by atoms with Gasteiger partial charge < -0.3 is 4.74 Å². The number of benzene rings is 1. The van der Waals surface area contributed by atoms with Crippen molar-refractivity contribution in [2.75, 3.05) is 24.2 Å². The van der Waals surface area contributed by atoms with Crippen LogP contribution in [0.25, 0.3) is 0 Å². The van der Waals surface area contributed by atoms with E-state index in [1.165, 1.54) is 10.6 Å². The quantitative estimate of drug-likeness (QED) is 0.829. The van der Waals surface area contributed by atoms with Crippen LogP contribution in [0.3, 0.4) is 0 Å². The van der Waals surface area contributed by atoms with Gasteiger partial charge in [-0.3, -0.25) is 4.31 Å². The topological polar surface area (TPSA) is 46.6 Å². The van der Waals surface area contributed by atoms with Crippen molar-refractivity contribution in [3.8, 4) is 5.75 Å². The van der Waals surface area contributed by atoms with E-state index in [9.17, 15) is 8.42 Å². The second-order valence-electron chi connectivity index (χ2n) is 4.32. The van der Waals surface area contributed by atoms with Crippen LogP contribution in [0.5, 0.6) is 5.75 Å². The zero-order chi connectivity index (χ0) is 12.6. The summed E-state index contributed by atoms with van der Waals surface area (Å²) in [6.45, 7) is 2.61. The van der Waals surface area contributed by atoms with Gasteiger partial charge in [-0.15, -0.1) is 0 Å². The smallest absolute Gasteiger partial charge is 0.232 e. The van der Waals surface area contributed by atoms with Gasteiger partial charge in [-0.2, -0.15) is 0 Å². The fraction of sp³-hybridized carbons (Fsp3) is 0.500. The predicted molar refractivity (Wildman–Crippen MR) is 68.2 cm³/mol. The maximum Gasteiger partial charge on any atom is 0.232 e. The van der Waals surface area contributed by atoms with Crippen LogP contribution in [-0.2, 0) is 10.0 Å². The second kappa shape index (κ2) is 4.22. The lowest BCUT2D eigenvalue weighted by Crippen LogP contribution is -2.28. The molecule has 1 heterocycles. The van der Waals surface area contributed by atoms with Crippen LogP contribution in [0.15, 0.2) is 18.2 Å². The molecule has 1 aliphatic rings. The normalized spacial score (nSPS) is 19.2. The molecule has 0 saturated heterocycles. The molecular formula is C12H17NO3S. The molecule has 1 atom stereocenters. The van der Waals surface area contributed by atoms with E-state index in [-0.39, 0.29) is 5.92 Å². The predicted octanol–water partition coefficient (Wildman–Crippen LogP) is 1.97. The van der Waals surface area contributed by atoms with Crippen LogP contribution in [-0.4, -0.2) is 28.3 Å². The number of ether oxygens (including phenoxy) is 1. The molecule has 1 aromatic rings. The van der Waals surface area contributed by atoms with Gasteiger partial charge in [0.1, 0.15) is 5.75 Å². The van der Waals surface area contributed by atoms with E-state index in [4.69, 9.17) is 4.74 Å². The molecule has 0 aliphatic carbocycles. The van der Waals surface area contributed by atoms with Crippen LogP contribution >= 0.6 is 0 Å². The molecule has 17 heavy (non-hydrogen) atoms. The van der Waals surface area contributed by atoms with Crippen LogP contribution < -0.4 is 9.04 Å². The minimum Gasteiger partial charge on any atom is -0.497 e. The first-order valence-corrected chi connectivity index (χ1v) is 7.47. The van der Waals surface area contributed by atoms with E-state index < -0.39 is 10.0 Å². The number of fused-ring (bicyclic) bond motifs is 1. The van der Waals surface area contributed by atoms with Crippen LogP contribution in [0.4, 0.5) is 5.69 Å². The van der Waals surface area contributed by atoms with Crippen LogP contribution in [0.1, 0.15) is 24.8 Å². The molecule has 0 aromatic heterocycles. The third-order valence-electron chi connectivity index (χ3n) is 3.23. The number of methoxy groups -OCH3 is 1. The maximum atomic E-state index is 11.7. The fourth-order valence-electron chi connectivity index (χ4n) is 2.27. The summed E-state index contributed by atoms with van der Waals surface area (Å²) in [4.78, 5) is 0. The molecule has 0 amide bonds. The lowest BCUT2D eigenvalue weighted by molar-refractivity contribution is 0.415. The summed E-state index contributed by atoms with van der Waals surface area (Å²) < 4.78 is 30.1. The monoisotopic (exact) mass is 255 g/mol. The first-order chi connectivity index (χ1) is 7.97. The molecule has 0 spiro atoms. The Balaban J connectivity index is 2.53. The first kappa shape index (κ1) is 12.2. The molecule has 0 N–H and O–H groups in total. The molecule has 0 saturated carbocycles. The average Bonchev–Trinajstić information content (AvgIpc) is 2.66. The van der Waals surface area contributed by atoms with E-state index in [1.54, 1.807) is 13.2 Å². The Bertz CT molecular complexity index is 525. The van der Waals surface area contributed by atoms with Crippen molar-refractivity contribution in [3.05, 3.63) is 23.8 Å². The Kier molecular flexibility index (Phi) is 3.03. The summed E-state index contributed by atoms with van der Waals surface area (Å²) in [5.41, 5.74) is 1.86. The molecule has 0 bridgehead atoms. The van der Waals surface area contributed by atoms with Gasteiger partial charge in [0.05, 0.1) is 19.1 Å². The number of sulfonamides is 1. The van der Waals surface area contributed by atoms with Crippen LogP contribution in [0.2, 0.25) is 0 Å². The van der Waals surface area contributed by atoms with Gasteiger partial charge in [-0.25, -0.2) is 8.42 Å². The van der Waals surface area contributed by atoms with Gasteiger partial charge in [-0.1, -0.05) is 13.0 Å². The van der Waals surface area contributed by atoms with Gasteiger partial charge >= 0.3 is 0 Å². The highest BCUT2D eigenvalue weighted by atomic mass is 32.2. The zero-order valence-corrected chi connectivity index (χ0v) is 11.1. The third kappa shape index (κ3) is 2.11. The highest BCUT2D eigenvalue weighted by Crippen LogP contribution is 2.41. The van der Waals surface area contributed by atoms with Crippen molar-refractivity contribution in [3.63, 3.8) is 0 Å². The van der Waals surface area contributed by atoms with Crippen molar-refractivity contribution >= 4 is 15.7 Å². The van der Waals surface area contributed by atoms with E-state index in [0.717, 1.165) is 17.7 Å². The number of hydrogen-bond donors (Lipinski definition) is 0. The maximum absolute atomic E-state index is 11.7. The molecular weight excluding hydrogens is 238 g/mol. The Morgan fingerprint density at radius 1 is 1.47 bits per heavy atom. The van der Waals surface area contributed by atoms with Gasteiger partial charge in [-0.05, 0) is 18.1 Å². The number of rotatable bonds is 3. The molecule has 2 rings (SSSR count). The first-order valence-electron chi connectivity index (χ1n) is 5.63. The van der Waals surface area contributed by atoms with E-state index >= 15 is 0 Å². The molecule has 0 fully saturated rings. The fourth-order valence-corrected chi connectivity index (χ4v) is 3.24. The molecule has 4 nitrogen and oxygen atoms in total. The third-order valence-corrected chi connectivity index (χ3v) is 4.37. The lowest BCUT2D eigenvalue weighted by Gasteiger charge is -2.17. The minimum absolute atomic E-state index is 0.283. The summed E-state index contributed by atoms with van der Waals surface area (Å²) >= 11 is 0. The number of nitrogens with zero attached hydrogens (tertiary/aromatic N) is 1. The molecule has 1 aliphatic heterocycles. The molecule has 1 unspecified atom stereocenters. The summed E-state index contributed by atoms with van der Waals surface area (Å²) in [5.74, 6) is 0.972. The Morgan fingerprint density at radius 2 is 2.18 bits per heavy atom. The van der Waals surface area contributed by atoms with E-state index in [2.05, 4.69) is 6.92 Å². The summed E-state index contributed by atoms with van der Waals surface area (Å²) in [6.07, 6.45) is 2.18. The molecule has 1 aromatic carbocycles. The second-order valence-corrected chi connectivity index (χ2v) is 6.23. The van der Waals surface area contributed by atoms with Crippen molar-refractivity contribution < 1.29 is 13.2 Å². The molecule has 94 valence electrons.